The molecule has 0 saturated heterocycles. The van der Waals surface area contributed by atoms with E-state index in [1.54, 1.807) is 18.2 Å². The van der Waals surface area contributed by atoms with Crippen LogP contribution in [0.3, 0.4) is 0 Å². The second-order valence-electron chi connectivity index (χ2n) is 2.63. The van der Waals surface area contributed by atoms with Gasteiger partial charge in [0, 0.05) is 0 Å². The van der Waals surface area contributed by atoms with E-state index in [4.69, 9.17) is 8.92 Å². The summed E-state index contributed by atoms with van der Waals surface area (Å²) in [5, 5.41) is 0. The van der Waals surface area contributed by atoms with E-state index in [1.165, 1.54) is 18.4 Å². The Morgan fingerprint density at radius 3 is 2.47 bits per heavy atom. The Morgan fingerprint density at radius 1 is 1.20 bits per heavy atom. The van der Waals surface area contributed by atoms with Gasteiger partial charge >= 0.3 is 0 Å². The van der Waals surface area contributed by atoms with Crippen LogP contribution in [0.2, 0.25) is 0 Å². The van der Waals surface area contributed by atoms with Gasteiger partial charge in [0.25, 0.3) is 10.1 Å². The summed E-state index contributed by atoms with van der Waals surface area (Å²) in [4.78, 5) is 0.142. The van der Waals surface area contributed by atoms with Gasteiger partial charge in [-0.15, -0.1) is 0 Å². The van der Waals surface area contributed by atoms with Crippen molar-refractivity contribution in [3.8, 4) is 0 Å². The Balaban J connectivity index is 2.57. The van der Waals surface area contributed by atoms with Gasteiger partial charge in [0.15, 0.2) is 0 Å². The maximum atomic E-state index is 11.5. The van der Waals surface area contributed by atoms with Crippen molar-refractivity contribution in [3.63, 3.8) is 0 Å². The molecule has 0 heterocycles. The molecule has 15 heavy (non-hydrogen) atoms. The largest absolute Gasteiger partial charge is 0.499 e. The monoisotopic (exact) mass is 228 g/mol. The highest BCUT2D eigenvalue weighted by molar-refractivity contribution is 7.86. The van der Waals surface area contributed by atoms with E-state index in [-0.39, 0.29) is 18.1 Å². The molecule has 0 N–H and O–H groups in total. The molecule has 5 heteroatoms. The first-order chi connectivity index (χ1) is 7.17. The fraction of sp³-hybridized carbons (Fsp3) is 0.200. The lowest BCUT2D eigenvalue weighted by atomic mass is 10.4. The Morgan fingerprint density at radius 2 is 1.87 bits per heavy atom. The zero-order chi connectivity index (χ0) is 11.1. The molecule has 0 fully saturated rings. The van der Waals surface area contributed by atoms with Gasteiger partial charge in [0.1, 0.15) is 13.2 Å². The van der Waals surface area contributed by atoms with Crippen molar-refractivity contribution in [2.24, 2.45) is 0 Å². The fourth-order valence-electron chi connectivity index (χ4n) is 0.930. The molecule has 0 bridgehead atoms. The molecule has 0 aliphatic rings. The molecular weight excluding hydrogens is 216 g/mol. The average Bonchev–Trinajstić information content (AvgIpc) is 2.26. The highest BCUT2D eigenvalue weighted by Crippen LogP contribution is 2.10. The number of rotatable bonds is 6. The average molecular weight is 228 g/mol. The van der Waals surface area contributed by atoms with Crippen LogP contribution < -0.4 is 0 Å². The fourth-order valence-corrected chi connectivity index (χ4v) is 1.84. The van der Waals surface area contributed by atoms with Crippen LogP contribution >= 0.6 is 0 Å². The molecule has 1 rings (SSSR count). The van der Waals surface area contributed by atoms with Crippen molar-refractivity contribution < 1.29 is 17.3 Å². The molecule has 1 aromatic carbocycles. The predicted octanol–water partition coefficient (Wildman–Crippen LogP) is 1.55. The maximum Gasteiger partial charge on any atom is 0.297 e. The zero-order valence-corrected chi connectivity index (χ0v) is 8.94. The van der Waals surface area contributed by atoms with Gasteiger partial charge in [-0.1, -0.05) is 24.8 Å². The van der Waals surface area contributed by atoms with Crippen molar-refractivity contribution in [2.75, 3.05) is 13.2 Å². The Bertz CT molecular complexity index is 397. The lowest BCUT2D eigenvalue weighted by Crippen LogP contribution is -2.10. The molecule has 0 amide bonds. The SMILES string of the molecule is C=COCCOS(=O)(=O)c1ccccc1. The quantitative estimate of drug-likeness (QED) is 0.421. The van der Waals surface area contributed by atoms with Crippen LogP contribution in [0.1, 0.15) is 0 Å². The lowest BCUT2D eigenvalue weighted by Gasteiger charge is -2.04. The van der Waals surface area contributed by atoms with E-state index in [0.29, 0.717) is 0 Å². The Kier molecular flexibility index (Phi) is 4.33. The van der Waals surface area contributed by atoms with Gasteiger partial charge in [-0.25, -0.2) is 0 Å². The molecule has 0 aliphatic heterocycles. The summed E-state index contributed by atoms with van der Waals surface area (Å²) in [6, 6.07) is 7.96. The van der Waals surface area contributed by atoms with Gasteiger partial charge in [-0.05, 0) is 12.1 Å². The summed E-state index contributed by atoms with van der Waals surface area (Å²) in [7, 11) is -3.66. The van der Waals surface area contributed by atoms with E-state index >= 15 is 0 Å². The second kappa shape index (κ2) is 5.53. The first kappa shape index (κ1) is 11.7. The molecule has 82 valence electrons. The number of ether oxygens (including phenoxy) is 1. The van der Waals surface area contributed by atoms with Crippen LogP contribution in [0, 0.1) is 0 Å². The first-order valence-corrected chi connectivity index (χ1v) is 5.74. The Labute approximate surface area is 89.3 Å². The van der Waals surface area contributed by atoms with Crippen molar-refractivity contribution in [2.45, 2.75) is 4.90 Å². The third kappa shape index (κ3) is 3.73. The lowest BCUT2D eigenvalue weighted by molar-refractivity contribution is 0.183. The van der Waals surface area contributed by atoms with E-state index in [1.807, 2.05) is 0 Å². The van der Waals surface area contributed by atoms with Gasteiger partial charge in [-0.3, -0.25) is 4.18 Å². The van der Waals surface area contributed by atoms with Gasteiger partial charge in [0.05, 0.1) is 11.2 Å². The number of hydrogen-bond acceptors (Lipinski definition) is 4. The summed E-state index contributed by atoms with van der Waals surface area (Å²) in [5.41, 5.74) is 0. The van der Waals surface area contributed by atoms with Crippen LogP contribution in [-0.2, 0) is 19.0 Å². The predicted molar refractivity (Wildman–Crippen MR) is 55.7 cm³/mol. The molecule has 0 unspecified atom stereocenters. The molecule has 0 aromatic heterocycles. The minimum Gasteiger partial charge on any atom is -0.499 e. The summed E-state index contributed by atoms with van der Waals surface area (Å²) >= 11 is 0. The first-order valence-electron chi connectivity index (χ1n) is 4.34. The van der Waals surface area contributed by atoms with E-state index in [2.05, 4.69) is 6.58 Å². The van der Waals surface area contributed by atoms with Crippen molar-refractivity contribution in [1.82, 2.24) is 0 Å². The van der Waals surface area contributed by atoms with Crippen LogP contribution in [0.4, 0.5) is 0 Å². The third-order valence-electron chi connectivity index (χ3n) is 1.59. The third-order valence-corrected chi connectivity index (χ3v) is 2.92. The standard InChI is InChI=1S/C10H12O4S/c1-2-13-8-9-14-15(11,12)10-6-4-3-5-7-10/h2-7H,1,8-9H2. The summed E-state index contributed by atoms with van der Waals surface area (Å²) < 4.78 is 32.4. The molecule has 1 aromatic rings. The van der Waals surface area contributed by atoms with E-state index in [9.17, 15) is 8.42 Å². The van der Waals surface area contributed by atoms with Gasteiger partial charge in [-0.2, -0.15) is 8.42 Å². The van der Waals surface area contributed by atoms with E-state index in [0.717, 1.165) is 0 Å². The van der Waals surface area contributed by atoms with Crippen molar-refractivity contribution in [3.05, 3.63) is 43.2 Å². The maximum absolute atomic E-state index is 11.5. The molecule has 0 atom stereocenters. The van der Waals surface area contributed by atoms with E-state index < -0.39 is 10.1 Å². The number of benzene rings is 1. The minimum atomic E-state index is -3.66. The minimum absolute atomic E-state index is 0.0246. The molecular formula is C10H12O4S. The topological polar surface area (TPSA) is 52.6 Å². The highest BCUT2D eigenvalue weighted by Gasteiger charge is 2.13. The van der Waals surface area contributed by atoms with Crippen LogP contribution in [-0.4, -0.2) is 21.6 Å². The summed E-state index contributed by atoms with van der Waals surface area (Å²) in [6.07, 6.45) is 1.23. The van der Waals surface area contributed by atoms with Gasteiger partial charge in [0.2, 0.25) is 0 Å². The zero-order valence-electron chi connectivity index (χ0n) is 8.13. The smallest absolute Gasteiger partial charge is 0.297 e. The molecule has 4 nitrogen and oxygen atoms in total. The molecule has 0 radical (unpaired) electrons. The molecule has 0 saturated carbocycles. The van der Waals surface area contributed by atoms with Crippen molar-refractivity contribution in [1.29, 1.82) is 0 Å². The Hall–Kier alpha value is -1.33. The highest BCUT2D eigenvalue weighted by atomic mass is 32.2. The molecule has 0 aliphatic carbocycles. The summed E-state index contributed by atoms with van der Waals surface area (Å²) in [5.74, 6) is 0. The van der Waals surface area contributed by atoms with Crippen LogP contribution in [0.25, 0.3) is 0 Å². The second-order valence-corrected chi connectivity index (χ2v) is 4.24. The summed E-state index contributed by atoms with van der Waals surface area (Å²) in [6.45, 7) is 3.46. The van der Waals surface area contributed by atoms with Crippen LogP contribution in [0.5, 0.6) is 0 Å². The molecule has 0 spiro atoms. The van der Waals surface area contributed by atoms with Gasteiger partial charge < -0.3 is 4.74 Å². The van der Waals surface area contributed by atoms with Crippen molar-refractivity contribution >= 4 is 10.1 Å². The number of hydrogen-bond donors (Lipinski definition) is 0. The van der Waals surface area contributed by atoms with Crippen LogP contribution in [0.15, 0.2) is 48.1 Å². The normalized spacial score (nSPS) is 10.9.